The van der Waals surface area contributed by atoms with Gasteiger partial charge in [0, 0.05) is 25.5 Å². The van der Waals surface area contributed by atoms with Gasteiger partial charge in [0.25, 0.3) is 0 Å². The van der Waals surface area contributed by atoms with E-state index in [9.17, 15) is 24.6 Å². The Bertz CT molecular complexity index is 1230. The van der Waals surface area contributed by atoms with Gasteiger partial charge >= 0.3 is 11.9 Å². The predicted molar refractivity (Wildman–Crippen MR) is 131 cm³/mol. The number of nitrogens with one attached hydrogen (secondary N) is 1. The number of carbonyl (C=O) groups excluding carboxylic acids is 2. The summed E-state index contributed by atoms with van der Waals surface area (Å²) in [6.07, 6.45) is 2.14. The topological polar surface area (TPSA) is 165 Å². The summed E-state index contributed by atoms with van der Waals surface area (Å²) in [6.45, 7) is -0.122. The summed E-state index contributed by atoms with van der Waals surface area (Å²) in [7, 11) is 1.24. The van der Waals surface area contributed by atoms with Gasteiger partial charge in [-0.25, -0.2) is 14.3 Å². The molecule has 0 aliphatic heterocycles. The Labute approximate surface area is 212 Å². The lowest BCUT2D eigenvalue weighted by Crippen LogP contribution is -2.43. The maximum atomic E-state index is 12.4. The number of methoxy groups -OCH3 is 1. The Morgan fingerprint density at radius 1 is 1.08 bits per heavy atom. The van der Waals surface area contributed by atoms with E-state index in [2.05, 4.69) is 20.8 Å². The number of ether oxygens (including phenoxy) is 1. The Hall–Kier alpha value is -4.74. The molecule has 37 heavy (non-hydrogen) atoms. The number of rotatable bonds is 13. The van der Waals surface area contributed by atoms with Crippen molar-refractivity contribution in [1.82, 2.24) is 20.3 Å². The van der Waals surface area contributed by atoms with Crippen LogP contribution in [0.2, 0.25) is 0 Å². The largest absolute Gasteiger partial charge is 0.508 e. The average Bonchev–Trinajstić information content (AvgIpc) is 3.33. The average molecular weight is 510 g/mol. The minimum absolute atomic E-state index is 0.0528. The lowest BCUT2D eigenvalue weighted by atomic mass is 10.1. The number of oxime groups is 1. The number of carboxylic acids is 1. The number of esters is 1. The lowest BCUT2D eigenvalue weighted by molar-refractivity contribution is -0.141. The summed E-state index contributed by atoms with van der Waals surface area (Å²) in [4.78, 5) is 41.2. The monoisotopic (exact) mass is 509 g/mol. The highest BCUT2D eigenvalue weighted by Crippen LogP contribution is 2.11. The van der Waals surface area contributed by atoms with E-state index in [-0.39, 0.29) is 37.5 Å². The number of carbonyl (C=O) groups is 3. The maximum Gasteiger partial charge on any atom is 0.356 e. The van der Waals surface area contributed by atoms with Gasteiger partial charge in [0.15, 0.2) is 5.71 Å². The zero-order valence-electron chi connectivity index (χ0n) is 20.1. The molecule has 0 bridgehead atoms. The summed E-state index contributed by atoms with van der Waals surface area (Å²) < 4.78 is 6.03. The van der Waals surface area contributed by atoms with E-state index >= 15 is 0 Å². The van der Waals surface area contributed by atoms with E-state index in [1.165, 1.54) is 30.1 Å². The fourth-order valence-electron chi connectivity index (χ4n) is 3.31. The Balaban J connectivity index is 1.49. The summed E-state index contributed by atoms with van der Waals surface area (Å²) in [5, 5.41) is 33.1. The molecule has 0 radical (unpaired) electrons. The van der Waals surface area contributed by atoms with Crippen molar-refractivity contribution >= 4 is 23.6 Å². The van der Waals surface area contributed by atoms with Crippen LogP contribution in [0.3, 0.4) is 0 Å². The SMILES string of the molecule is COC(=O)/C(Cc1ccc(O)cc1)=N\OCCc1cn(CC(=O)NC(Cc2ccccc2)C(=O)O)nn1. The number of aromatic hydroxyl groups is 1. The molecule has 12 nitrogen and oxygen atoms in total. The van der Waals surface area contributed by atoms with E-state index in [0.29, 0.717) is 12.1 Å². The van der Waals surface area contributed by atoms with Crippen molar-refractivity contribution < 1.29 is 34.2 Å². The second kappa shape index (κ2) is 13.4. The number of amides is 1. The zero-order valence-corrected chi connectivity index (χ0v) is 20.1. The fraction of sp³-hybridized carbons (Fsp3) is 0.280. The minimum Gasteiger partial charge on any atom is -0.508 e. The predicted octanol–water partition coefficient (Wildman–Crippen LogP) is 1.13. The molecule has 2 aromatic carbocycles. The molecule has 1 amide bonds. The van der Waals surface area contributed by atoms with Crippen LogP contribution in [-0.4, -0.2) is 68.5 Å². The van der Waals surface area contributed by atoms with Gasteiger partial charge in [-0.1, -0.05) is 52.8 Å². The first-order chi connectivity index (χ1) is 17.8. The van der Waals surface area contributed by atoms with Crippen LogP contribution in [0, 0.1) is 0 Å². The van der Waals surface area contributed by atoms with E-state index in [0.717, 1.165) is 11.1 Å². The number of phenols is 1. The zero-order chi connectivity index (χ0) is 26.6. The molecular weight excluding hydrogens is 482 g/mol. The highest BCUT2D eigenvalue weighted by Gasteiger charge is 2.21. The molecule has 3 aromatic rings. The van der Waals surface area contributed by atoms with Crippen LogP contribution in [0.1, 0.15) is 16.8 Å². The number of nitrogens with zero attached hydrogens (tertiary/aromatic N) is 4. The Morgan fingerprint density at radius 3 is 2.49 bits per heavy atom. The Kier molecular flexibility index (Phi) is 9.71. The summed E-state index contributed by atoms with van der Waals surface area (Å²) in [6, 6.07) is 14.2. The van der Waals surface area contributed by atoms with Crippen molar-refractivity contribution in [2.75, 3.05) is 13.7 Å². The second-order valence-electron chi connectivity index (χ2n) is 8.01. The van der Waals surface area contributed by atoms with Gasteiger partial charge in [-0.3, -0.25) is 4.79 Å². The van der Waals surface area contributed by atoms with Crippen LogP contribution in [0.25, 0.3) is 0 Å². The number of benzene rings is 2. The van der Waals surface area contributed by atoms with Crippen molar-refractivity contribution in [3.05, 3.63) is 77.6 Å². The molecule has 194 valence electrons. The number of hydrogen-bond acceptors (Lipinski definition) is 9. The van der Waals surface area contributed by atoms with Crippen molar-refractivity contribution in [2.24, 2.45) is 5.16 Å². The molecular formula is C25H27N5O7. The molecule has 3 N–H and O–H groups in total. The van der Waals surface area contributed by atoms with Gasteiger partial charge in [-0.05, 0) is 23.3 Å². The van der Waals surface area contributed by atoms with E-state index in [4.69, 9.17) is 9.57 Å². The van der Waals surface area contributed by atoms with Crippen LogP contribution in [0.15, 0.2) is 65.9 Å². The van der Waals surface area contributed by atoms with Crippen LogP contribution >= 0.6 is 0 Å². The highest BCUT2D eigenvalue weighted by molar-refractivity contribution is 6.36. The molecule has 0 saturated heterocycles. The minimum atomic E-state index is -1.13. The second-order valence-corrected chi connectivity index (χ2v) is 8.01. The first-order valence-corrected chi connectivity index (χ1v) is 11.3. The molecule has 1 unspecified atom stereocenters. The first-order valence-electron chi connectivity index (χ1n) is 11.3. The molecule has 0 aliphatic carbocycles. The molecule has 0 aliphatic rings. The third-order valence-electron chi connectivity index (χ3n) is 5.16. The van der Waals surface area contributed by atoms with Crippen molar-refractivity contribution in [3.8, 4) is 5.75 Å². The highest BCUT2D eigenvalue weighted by atomic mass is 16.6. The quantitative estimate of drug-likeness (QED) is 0.132. The molecule has 1 heterocycles. The van der Waals surface area contributed by atoms with Gasteiger partial charge in [0.05, 0.1) is 12.8 Å². The lowest BCUT2D eigenvalue weighted by Gasteiger charge is -2.14. The number of carboxylic acid groups (broad SMARTS) is 1. The van der Waals surface area contributed by atoms with Crippen LogP contribution in [0.4, 0.5) is 0 Å². The van der Waals surface area contributed by atoms with Crippen molar-refractivity contribution in [2.45, 2.75) is 31.8 Å². The Morgan fingerprint density at radius 2 is 1.81 bits per heavy atom. The molecule has 1 atom stereocenters. The third-order valence-corrected chi connectivity index (χ3v) is 5.16. The van der Waals surface area contributed by atoms with Crippen molar-refractivity contribution in [1.29, 1.82) is 0 Å². The molecule has 0 fully saturated rings. The standard InChI is InChI=1S/C25H27N5O7/c1-36-25(35)22(14-18-7-9-20(31)10-8-18)28-37-12-11-19-15-30(29-27-19)16-23(32)26-21(24(33)34)13-17-5-3-2-4-6-17/h2-10,15,21,31H,11-14,16H2,1H3,(H,26,32)(H,33,34)/b28-22-. The van der Waals surface area contributed by atoms with E-state index in [1.54, 1.807) is 36.4 Å². The normalized spacial score (nSPS) is 12.0. The smallest absolute Gasteiger partial charge is 0.356 e. The van der Waals surface area contributed by atoms with E-state index < -0.39 is 23.9 Å². The number of phenolic OH excluding ortho intramolecular Hbond substituents is 1. The van der Waals surface area contributed by atoms with E-state index in [1.807, 2.05) is 6.07 Å². The molecule has 0 saturated carbocycles. The third kappa shape index (κ3) is 8.76. The van der Waals surface area contributed by atoms with Crippen LogP contribution < -0.4 is 5.32 Å². The molecule has 1 aromatic heterocycles. The summed E-state index contributed by atoms with van der Waals surface area (Å²) in [5.74, 6) is -2.18. The van der Waals surface area contributed by atoms with Crippen LogP contribution in [0.5, 0.6) is 5.75 Å². The molecule has 3 rings (SSSR count). The van der Waals surface area contributed by atoms with Crippen LogP contribution in [-0.2, 0) is 49.8 Å². The summed E-state index contributed by atoms with van der Waals surface area (Å²) >= 11 is 0. The summed E-state index contributed by atoms with van der Waals surface area (Å²) in [5.41, 5.74) is 2.09. The number of hydrogen-bond donors (Lipinski definition) is 3. The van der Waals surface area contributed by atoms with Gasteiger partial charge in [-0.2, -0.15) is 0 Å². The van der Waals surface area contributed by atoms with Gasteiger partial charge in [0.2, 0.25) is 5.91 Å². The van der Waals surface area contributed by atoms with Gasteiger partial charge in [-0.15, -0.1) is 5.10 Å². The maximum absolute atomic E-state index is 12.4. The van der Waals surface area contributed by atoms with Gasteiger partial charge in [0.1, 0.15) is 24.9 Å². The number of aromatic nitrogens is 3. The van der Waals surface area contributed by atoms with Gasteiger partial charge < -0.3 is 25.1 Å². The first kappa shape index (κ1) is 26.9. The number of aliphatic carboxylic acids is 1. The van der Waals surface area contributed by atoms with Crippen molar-refractivity contribution in [3.63, 3.8) is 0 Å². The molecule has 0 spiro atoms. The fourth-order valence-corrected chi connectivity index (χ4v) is 3.31. The molecule has 12 heteroatoms.